The van der Waals surface area contributed by atoms with Crippen molar-refractivity contribution in [2.24, 2.45) is 5.41 Å². The second kappa shape index (κ2) is 6.69. The van der Waals surface area contributed by atoms with E-state index >= 15 is 0 Å². The Labute approximate surface area is 134 Å². The molecule has 0 aliphatic heterocycles. The maximum atomic E-state index is 12.4. The minimum absolute atomic E-state index is 0.239. The molecule has 0 saturated heterocycles. The molecule has 4 nitrogen and oxygen atoms in total. The highest BCUT2D eigenvalue weighted by Crippen LogP contribution is 2.24. The predicted molar refractivity (Wildman–Crippen MR) is 88.4 cm³/mol. The highest BCUT2D eigenvalue weighted by molar-refractivity contribution is 7.89. The Morgan fingerprint density at radius 1 is 1.18 bits per heavy atom. The molecule has 0 amide bonds. The number of benzene rings is 1. The molecule has 1 unspecified atom stereocenters. The summed E-state index contributed by atoms with van der Waals surface area (Å²) < 4.78 is 27.3. The zero-order valence-corrected chi connectivity index (χ0v) is 14.5. The van der Waals surface area contributed by atoms with Gasteiger partial charge in [-0.15, -0.1) is 0 Å². The van der Waals surface area contributed by atoms with Crippen LogP contribution in [0.5, 0.6) is 0 Å². The van der Waals surface area contributed by atoms with E-state index in [-0.39, 0.29) is 12.0 Å². The fourth-order valence-corrected chi connectivity index (χ4v) is 3.82. The van der Waals surface area contributed by atoms with E-state index in [0.29, 0.717) is 11.3 Å². The van der Waals surface area contributed by atoms with Crippen molar-refractivity contribution in [1.82, 2.24) is 4.72 Å². The van der Waals surface area contributed by atoms with Crippen LogP contribution in [0, 0.1) is 5.41 Å². The van der Waals surface area contributed by atoms with Gasteiger partial charge in [0.25, 0.3) is 0 Å². The maximum absolute atomic E-state index is 12.4. The maximum Gasteiger partial charge on any atom is 0.240 e. The molecule has 1 aromatic rings. The Hall–Kier alpha value is -0.910. The summed E-state index contributed by atoms with van der Waals surface area (Å²) in [7, 11) is -3.50. The molecule has 2 N–H and O–H groups in total. The molecule has 1 aliphatic rings. The van der Waals surface area contributed by atoms with Crippen molar-refractivity contribution >= 4 is 10.0 Å². The zero-order chi connectivity index (χ0) is 16.4. The van der Waals surface area contributed by atoms with Gasteiger partial charge in [-0.3, -0.25) is 0 Å². The quantitative estimate of drug-likeness (QED) is 0.874. The van der Waals surface area contributed by atoms with Crippen molar-refractivity contribution in [2.45, 2.75) is 63.9 Å². The first-order valence-corrected chi connectivity index (χ1v) is 9.48. The summed E-state index contributed by atoms with van der Waals surface area (Å²) in [5, 5.41) is 9.98. The first-order valence-electron chi connectivity index (χ1n) is 8.00. The summed E-state index contributed by atoms with van der Waals surface area (Å²) in [6.07, 6.45) is 4.19. The summed E-state index contributed by atoms with van der Waals surface area (Å²) in [5.41, 5.74) is 2.19. The number of aryl methyl sites for hydroxylation is 2. The van der Waals surface area contributed by atoms with Crippen LogP contribution in [0.15, 0.2) is 23.1 Å². The molecule has 22 heavy (non-hydrogen) atoms. The van der Waals surface area contributed by atoms with Crippen LogP contribution in [-0.4, -0.2) is 26.2 Å². The van der Waals surface area contributed by atoms with Gasteiger partial charge in [-0.05, 0) is 60.8 Å². The van der Waals surface area contributed by atoms with Gasteiger partial charge >= 0.3 is 0 Å². The molecule has 0 radical (unpaired) electrons. The van der Waals surface area contributed by atoms with Crippen molar-refractivity contribution in [1.29, 1.82) is 0 Å². The Kier molecular flexibility index (Phi) is 5.30. The first kappa shape index (κ1) is 17.4. The second-order valence-electron chi connectivity index (χ2n) is 7.21. The number of aliphatic hydroxyl groups is 1. The molecule has 0 spiro atoms. The average Bonchev–Trinajstić information content (AvgIpc) is 2.45. The standard InChI is InChI=1S/C17H27NO3S/c1-17(2,3)16(19)10-11-18-22(20,21)15-9-8-13-6-4-5-7-14(13)12-15/h8-9,12,16,18-19H,4-7,10-11H2,1-3H3. The van der Waals surface area contributed by atoms with Crippen LogP contribution < -0.4 is 4.72 Å². The van der Waals surface area contributed by atoms with Crippen molar-refractivity contribution < 1.29 is 13.5 Å². The molecule has 0 bridgehead atoms. The summed E-state index contributed by atoms with van der Waals surface area (Å²) in [5.74, 6) is 0. The van der Waals surface area contributed by atoms with E-state index in [2.05, 4.69) is 4.72 Å². The monoisotopic (exact) mass is 325 g/mol. The van der Waals surface area contributed by atoms with Gasteiger partial charge in [0.1, 0.15) is 0 Å². The fourth-order valence-electron chi connectivity index (χ4n) is 2.72. The SMILES string of the molecule is CC(C)(C)C(O)CCNS(=O)(=O)c1ccc2c(c1)CCCC2. The van der Waals surface area contributed by atoms with Crippen molar-refractivity contribution in [2.75, 3.05) is 6.54 Å². The molecule has 5 heteroatoms. The number of fused-ring (bicyclic) bond motifs is 1. The molecule has 1 aliphatic carbocycles. The molecular formula is C17H27NO3S. The highest BCUT2D eigenvalue weighted by Gasteiger charge is 2.23. The van der Waals surface area contributed by atoms with Crippen LogP contribution in [0.3, 0.4) is 0 Å². The highest BCUT2D eigenvalue weighted by atomic mass is 32.2. The summed E-state index contributed by atoms with van der Waals surface area (Å²) >= 11 is 0. The average molecular weight is 325 g/mol. The van der Waals surface area contributed by atoms with E-state index < -0.39 is 16.1 Å². The summed E-state index contributed by atoms with van der Waals surface area (Å²) in [6.45, 7) is 6.07. The molecular weight excluding hydrogens is 298 g/mol. The van der Waals surface area contributed by atoms with Gasteiger partial charge in [0.2, 0.25) is 10.0 Å². The third-order valence-electron chi connectivity index (χ3n) is 4.34. The Morgan fingerprint density at radius 3 is 2.45 bits per heavy atom. The van der Waals surface area contributed by atoms with Crippen molar-refractivity contribution in [3.63, 3.8) is 0 Å². The second-order valence-corrected chi connectivity index (χ2v) is 8.97. The number of aliphatic hydroxyl groups excluding tert-OH is 1. The molecule has 0 heterocycles. The number of hydrogen-bond acceptors (Lipinski definition) is 3. The summed E-state index contributed by atoms with van der Waals surface area (Å²) in [6, 6.07) is 5.43. The van der Waals surface area contributed by atoms with Crippen LogP contribution in [0.1, 0.15) is 51.2 Å². The van der Waals surface area contributed by atoms with E-state index in [1.165, 1.54) is 12.0 Å². The van der Waals surface area contributed by atoms with Crippen molar-refractivity contribution in [3.05, 3.63) is 29.3 Å². The Morgan fingerprint density at radius 2 is 1.82 bits per heavy atom. The number of rotatable bonds is 5. The number of sulfonamides is 1. The topological polar surface area (TPSA) is 66.4 Å². The minimum atomic E-state index is -3.50. The predicted octanol–water partition coefficient (Wildman–Crippen LogP) is 2.64. The lowest BCUT2D eigenvalue weighted by molar-refractivity contribution is 0.0571. The lowest BCUT2D eigenvalue weighted by atomic mass is 9.87. The van der Waals surface area contributed by atoms with Gasteiger partial charge in [-0.2, -0.15) is 0 Å². The normalized spacial score (nSPS) is 17.1. The van der Waals surface area contributed by atoms with Gasteiger partial charge in [0, 0.05) is 6.54 Å². The molecule has 124 valence electrons. The van der Waals surface area contributed by atoms with Crippen molar-refractivity contribution in [3.8, 4) is 0 Å². The van der Waals surface area contributed by atoms with E-state index in [0.717, 1.165) is 24.8 Å². The molecule has 0 saturated carbocycles. The van der Waals surface area contributed by atoms with Crippen LogP contribution in [0.4, 0.5) is 0 Å². The van der Waals surface area contributed by atoms with Crippen LogP contribution in [0.25, 0.3) is 0 Å². The van der Waals surface area contributed by atoms with E-state index in [1.807, 2.05) is 26.8 Å². The molecule has 1 aromatic carbocycles. The number of nitrogens with one attached hydrogen (secondary N) is 1. The van der Waals surface area contributed by atoms with E-state index in [9.17, 15) is 13.5 Å². The largest absolute Gasteiger partial charge is 0.393 e. The first-order chi connectivity index (χ1) is 10.2. The van der Waals surface area contributed by atoms with Gasteiger partial charge < -0.3 is 5.11 Å². The minimum Gasteiger partial charge on any atom is -0.393 e. The molecule has 0 aromatic heterocycles. The summed E-state index contributed by atoms with van der Waals surface area (Å²) in [4.78, 5) is 0.332. The van der Waals surface area contributed by atoms with E-state index in [1.54, 1.807) is 12.1 Å². The third-order valence-corrected chi connectivity index (χ3v) is 5.80. The lowest BCUT2D eigenvalue weighted by Crippen LogP contribution is -2.32. The third kappa shape index (κ3) is 4.31. The van der Waals surface area contributed by atoms with Gasteiger partial charge in [0.15, 0.2) is 0 Å². The smallest absolute Gasteiger partial charge is 0.240 e. The van der Waals surface area contributed by atoms with Crippen LogP contribution in [0.2, 0.25) is 0 Å². The van der Waals surface area contributed by atoms with Gasteiger partial charge in [-0.25, -0.2) is 13.1 Å². The molecule has 0 fully saturated rings. The van der Waals surface area contributed by atoms with Crippen LogP contribution >= 0.6 is 0 Å². The van der Waals surface area contributed by atoms with E-state index in [4.69, 9.17) is 0 Å². The van der Waals surface area contributed by atoms with Gasteiger partial charge in [-0.1, -0.05) is 26.8 Å². The lowest BCUT2D eigenvalue weighted by Gasteiger charge is -2.25. The van der Waals surface area contributed by atoms with Crippen LogP contribution in [-0.2, 0) is 22.9 Å². The Balaban J connectivity index is 2.01. The Bertz CT molecular complexity index is 617. The van der Waals surface area contributed by atoms with Gasteiger partial charge in [0.05, 0.1) is 11.0 Å². The fraction of sp³-hybridized carbons (Fsp3) is 0.647. The molecule has 1 atom stereocenters. The number of hydrogen-bond donors (Lipinski definition) is 2. The zero-order valence-electron chi connectivity index (χ0n) is 13.7. The molecule has 2 rings (SSSR count).